The summed E-state index contributed by atoms with van der Waals surface area (Å²) in [6.45, 7) is 1.18. The van der Waals surface area contributed by atoms with Crippen LogP contribution in [-0.4, -0.2) is 57.4 Å². The maximum atomic E-state index is 13.4. The van der Waals surface area contributed by atoms with Crippen molar-refractivity contribution in [1.29, 1.82) is 0 Å². The van der Waals surface area contributed by atoms with E-state index in [0.29, 0.717) is 48.2 Å². The summed E-state index contributed by atoms with van der Waals surface area (Å²) < 4.78 is 5.36. The van der Waals surface area contributed by atoms with Crippen LogP contribution in [0.2, 0.25) is 0 Å². The number of amides is 1. The van der Waals surface area contributed by atoms with Crippen molar-refractivity contribution in [3.05, 3.63) is 76.0 Å². The highest BCUT2D eigenvalue weighted by Gasteiger charge is 2.36. The number of carbonyl (C=O) groups excluding carboxylic acids is 2. The number of likely N-dealkylation sites (tertiary alicyclic amines) is 1. The quantitative estimate of drug-likeness (QED) is 0.0983. The van der Waals surface area contributed by atoms with Crippen LogP contribution in [0.25, 0.3) is 10.9 Å². The van der Waals surface area contributed by atoms with E-state index in [9.17, 15) is 19.7 Å². The number of pyridine rings is 1. The molecule has 1 amide bonds. The first-order valence-electron chi connectivity index (χ1n) is 13.0. The van der Waals surface area contributed by atoms with Crippen molar-refractivity contribution in [2.24, 2.45) is 17.8 Å². The molecule has 3 atom stereocenters. The molecule has 0 saturated carbocycles. The summed E-state index contributed by atoms with van der Waals surface area (Å²) in [6, 6.07) is 13.1. The van der Waals surface area contributed by atoms with Gasteiger partial charge in [0.1, 0.15) is 5.75 Å². The van der Waals surface area contributed by atoms with Crippen LogP contribution in [-0.2, 0) is 0 Å². The van der Waals surface area contributed by atoms with Gasteiger partial charge in [0.25, 0.3) is 11.6 Å². The van der Waals surface area contributed by atoms with E-state index < -0.39 is 4.92 Å². The molecule has 10 heteroatoms. The zero-order valence-electron chi connectivity index (χ0n) is 21.7. The number of carbonyl (C=O) groups is 2. The number of nitrogens with zero attached hydrogens (tertiary/aromatic N) is 3. The number of ether oxygens (including phenoxy) is 1. The SMILES string of the molecule is COc1ccc2nccc(C(=O)CC[C@@H]3CCN(C(=O)c4ccc([N+](=O)[O-])cc4)C[C@@H]3[C@H](CBr)CCBr)c2c1. The Balaban J connectivity index is 1.49. The molecular formula is C29H31Br2N3O5. The number of benzene rings is 2. The third kappa shape index (κ3) is 6.84. The summed E-state index contributed by atoms with van der Waals surface area (Å²) >= 11 is 7.26. The van der Waals surface area contributed by atoms with Gasteiger partial charge >= 0.3 is 0 Å². The second-order valence-corrected chi connectivity index (χ2v) is 11.3. The molecule has 3 aromatic rings. The van der Waals surface area contributed by atoms with Crippen LogP contribution < -0.4 is 4.74 Å². The fourth-order valence-corrected chi connectivity index (χ4v) is 6.90. The van der Waals surface area contributed by atoms with Gasteiger partial charge in [0.05, 0.1) is 17.5 Å². The molecule has 0 spiro atoms. The lowest BCUT2D eigenvalue weighted by Crippen LogP contribution is -2.46. The molecule has 2 aromatic carbocycles. The molecule has 1 saturated heterocycles. The van der Waals surface area contributed by atoms with Gasteiger partial charge in [0.2, 0.25) is 0 Å². The third-order valence-corrected chi connectivity index (χ3v) is 8.98. The predicted octanol–water partition coefficient (Wildman–Crippen LogP) is 6.69. The summed E-state index contributed by atoms with van der Waals surface area (Å²) in [4.78, 5) is 43.5. The highest BCUT2D eigenvalue weighted by molar-refractivity contribution is 9.09. The Morgan fingerprint density at radius 1 is 1.18 bits per heavy atom. The van der Waals surface area contributed by atoms with Gasteiger partial charge in [-0.1, -0.05) is 31.9 Å². The van der Waals surface area contributed by atoms with Crippen LogP contribution in [0.1, 0.15) is 46.4 Å². The number of nitro groups is 1. The molecule has 1 aromatic heterocycles. The van der Waals surface area contributed by atoms with Crippen molar-refractivity contribution < 1.29 is 19.2 Å². The monoisotopic (exact) mass is 659 g/mol. The number of hydrogen-bond donors (Lipinski definition) is 0. The number of ketones is 1. The number of halogens is 2. The van der Waals surface area contributed by atoms with E-state index in [2.05, 4.69) is 36.8 Å². The molecule has 0 bridgehead atoms. The number of alkyl halides is 2. The smallest absolute Gasteiger partial charge is 0.269 e. The van der Waals surface area contributed by atoms with Gasteiger partial charge in [-0.25, -0.2) is 0 Å². The summed E-state index contributed by atoms with van der Waals surface area (Å²) in [7, 11) is 1.60. The van der Waals surface area contributed by atoms with Crippen LogP contribution in [0.15, 0.2) is 54.7 Å². The molecule has 4 rings (SSSR count). The van der Waals surface area contributed by atoms with Gasteiger partial charge in [0, 0.05) is 65.0 Å². The van der Waals surface area contributed by atoms with E-state index in [1.807, 2.05) is 23.1 Å². The number of methoxy groups -OCH3 is 1. The second-order valence-electron chi connectivity index (χ2n) is 9.86. The molecule has 39 heavy (non-hydrogen) atoms. The van der Waals surface area contributed by atoms with Gasteiger partial charge in [-0.15, -0.1) is 0 Å². The molecule has 0 radical (unpaired) electrons. The van der Waals surface area contributed by atoms with Crippen molar-refractivity contribution in [1.82, 2.24) is 9.88 Å². The van der Waals surface area contributed by atoms with Crippen LogP contribution >= 0.6 is 31.9 Å². The van der Waals surface area contributed by atoms with Crippen LogP contribution in [0.5, 0.6) is 5.75 Å². The van der Waals surface area contributed by atoms with E-state index in [-0.39, 0.29) is 23.3 Å². The van der Waals surface area contributed by atoms with Gasteiger partial charge in [-0.3, -0.25) is 24.7 Å². The number of fused-ring (bicyclic) bond motifs is 1. The van der Waals surface area contributed by atoms with Gasteiger partial charge in [-0.05, 0) is 73.4 Å². The van der Waals surface area contributed by atoms with Gasteiger partial charge in [0.15, 0.2) is 5.78 Å². The second kappa shape index (κ2) is 13.5. The van der Waals surface area contributed by atoms with E-state index in [1.165, 1.54) is 24.3 Å². The normalized spacial score (nSPS) is 18.1. The van der Waals surface area contributed by atoms with Crippen LogP contribution in [0, 0.1) is 27.9 Å². The van der Waals surface area contributed by atoms with Crippen molar-refractivity contribution in [2.45, 2.75) is 25.7 Å². The van der Waals surface area contributed by atoms with Crippen LogP contribution in [0.3, 0.4) is 0 Å². The Labute approximate surface area is 244 Å². The summed E-state index contributed by atoms with van der Waals surface area (Å²) in [5.74, 6) is 1.50. The van der Waals surface area contributed by atoms with Crippen molar-refractivity contribution in [2.75, 3.05) is 30.9 Å². The number of nitro benzene ring substituents is 1. The first kappa shape index (κ1) is 29.1. The minimum Gasteiger partial charge on any atom is -0.497 e. The topological polar surface area (TPSA) is 103 Å². The van der Waals surface area contributed by atoms with E-state index >= 15 is 0 Å². The van der Waals surface area contributed by atoms with Gasteiger partial charge < -0.3 is 9.64 Å². The van der Waals surface area contributed by atoms with Crippen molar-refractivity contribution >= 4 is 60.1 Å². The number of hydrogen-bond acceptors (Lipinski definition) is 6. The number of Topliss-reactive ketones (excluding diaryl/α,β-unsaturated/α-hetero) is 1. The summed E-state index contributed by atoms with van der Waals surface area (Å²) in [6.07, 6.45) is 4.58. The Hall–Kier alpha value is -2.85. The van der Waals surface area contributed by atoms with E-state index in [0.717, 1.165) is 40.8 Å². The Morgan fingerprint density at radius 3 is 2.62 bits per heavy atom. The number of aromatic nitrogens is 1. The number of non-ortho nitro benzene ring substituents is 1. The zero-order valence-corrected chi connectivity index (χ0v) is 24.9. The summed E-state index contributed by atoms with van der Waals surface area (Å²) in [5.41, 5.74) is 1.82. The zero-order chi connectivity index (χ0) is 27.9. The lowest BCUT2D eigenvalue weighted by atomic mass is 9.74. The summed E-state index contributed by atoms with van der Waals surface area (Å²) in [5, 5.41) is 13.4. The molecule has 1 aliphatic heterocycles. The fourth-order valence-electron chi connectivity index (χ4n) is 5.51. The van der Waals surface area contributed by atoms with E-state index in [1.54, 1.807) is 19.4 Å². The molecule has 0 aliphatic carbocycles. The molecule has 1 fully saturated rings. The minimum atomic E-state index is -0.469. The largest absolute Gasteiger partial charge is 0.497 e. The lowest BCUT2D eigenvalue weighted by Gasteiger charge is -2.42. The minimum absolute atomic E-state index is 0.0371. The van der Waals surface area contributed by atoms with Crippen LogP contribution in [0.4, 0.5) is 5.69 Å². The number of piperidine rings is 1. The molecular weight excluding hydrogens is 630 g/mol. The fraction of sp³-hybridized carbons (Fsp3) is 0.414. The maximum absolute atomic E-state index is 13.4. The molecule has 0 N–H and O–H groups in total. The van der Waals surface area contributed by atoms with Crippen molar-refractivity contribution in [3.8, 4) is 5.75 Å². The van der Waals surface area contributed by atoms with Crippen molar-refractivity contribution in [3.63, 3.8) is 0 Å². The lowest BCUT2D eigenvalue weighted by molar-refractivity contribution is -0.384. The Kier molecular flexibility index (Phi) is 10.1. The molecule has 1 aliphatic rings. The predicted molar refractivity (Wildman–Crippen MR) is 158 cm³/mol. The third-order valence-electron chi connectivity index (χ3n) is 7.69. The Bertz CT molecular complexity index is 1330. The molecule has 2 heterocycles. The Morgan fingerprint density at radius 2 is 1.95 bits per heavy atom. The maximum Gasteiger partial charge on any atom is 0.269 e. The molecule has 8 nitrogen and oxygen atoms in total. The average molecular weight is 661 g/mol. The first-order chi connectivity index (χ1) is 18.9. The standard InChI is InChI=1S/C29H31Br2N3O5/c1-39-23-7-8-27-25(16-23)24(11-14-32-27)28(35)9-4-19-12-15-33(18-26(19)21(17-31)10-13-30)29(36)20-2-5-22(6-3-20)34(37)38/h2-3,5-8,11,14,16,19,21,26H,4,9-10,12-13,15,17-18H2,1H3/t19-,21+,26+/m1/s1. The molecule has 206 valence electrons. The molecule has 0 unspecified atom stereocenters. The van der Waals surface area contributed by atoms with E-state index in [4.69, 9.17) is 4.74 Å². The average Bonchev–Trinajstić information content (AvgIpc) is 2.97. The first-order valence-corrected chi connectivity index (χ1v) is 15.2. The highest BCUT2D eigenvalue weighted by Crippen LogP contribution is 2.37. The highest BCUT2D eigenvalue weighted by atomic mass is 79.9. The number of rotatable bonds is 11. The van der Waals surface area contributed by atoms with Gasteiger partial charge in [-0.2, -0.15) is 0 Å².